The maximum absolute atomic E-state index is 9.65. The lowest BCUT2D eigenvalue weighted by molar-refractivity contribution is 0.464. The average Bonchev–Trinajstić information content (AvgIpc) is 2.76. The monoisotopic (exact) mass is 233 g/mol. The number of benzene rings is 1. The molecule has 0 aliphatic heterocycles. The van der Waals surface area contributed by atoms with Gasteiger partial charge in [-0.2, -0.15) is 11.3 Å². The molecule has 0 atom stereocenters. The molecular weight excluding hydrogens is 218 g/mol. The van der Waals surface area contributed by atoms with E-state index in [-0.39, 0.29) is 0 Å². The molecule has 0 unspecified atom stereocenters. The normalized spacial score (nSPS) is 10.6. The zero-order chi connectivity index (χ0) is 11.4. The van der Waals surface area contributed by atoms with Crippen molar-refractivity contribution in [3.63, 3.8) is 0 Å². The van der Waals surface area contributed by atoms with Gasteiger partial charge in [0.2, 0.25) is 0 Å². The Labute approximate surface area is 99.6 Å². The number of hydrogen-bond donors (Lipinski definition) is 2. The molecule has 0 bridgehead atoms. The first-order chi connectivity index (χ1) is 7.75. The number of phenolic OH excluding ortho intramolecular Hbond substituents is 1. The van der Waals surface area contributed by atoms with Crippen molar-refractivity contribution in [1.82, 2.24) is 5.32 Å². The van der Waals surface area contributed by atoms with Gasteiger partial charge in [-0.15, -0.1) is 0 Å². The van der Waals surface area contributed by atoms with Gasteiger partial charge in [-0.05, 0) is 35.4 Å². The van der Waals surface area contributed by atoms with E-state index in [9.17, 15) is 5.11 Å². The smallest absolute Gasteiger partial charge is 0.120 e. The fourth-order valence-corrected chi connectivity index (χ4v) is 2.26. The van der Waals surface area contributed by atoms with Gasteiger partial charge >= 0.3 is 0 Å². The largest absolute Gasteiger partial charge is 0.508 e. The number of phenols is 1. The van der Waals surface area contributed by atoms with Crippen LogP contribution < -0.4 is 5.32 Å². The number of thiophene rings is 1. The molecule has 3 heteroatoms. The Hall–Kier alpha value is -1.32. The Morgan fingerprint density at radius 2 is 2.12 bits per heavy atom. The van der Waals surface area contributed by atoms with Crippen LogP contribution in [0, 0.1) is 6.92 Å². The average molecular weight is 233 g/mol. The summed E-state index contributed by atoms with van der Waals surface area (Å²) >= 11 is 1.70. The highest BCUT2D eigenvalue weighted by Gasteiger charge is 2.00. The van der Waals surface area contributed by atoms with E-state index in [0.29, 0.717) is 12.3 Å². The summed E-state index contributed by atoms with van der Waals surface area (Å²) < 4.78 is 0. The summed E-state index contributed by atoms with van der Waals surface area (Å²) in [6.07, 6.45) is 0. The molecule has 0 fully saturated rings. The molecule has 0 saturated heterocycles. The van der Waals surface area contributed by atoms with Gasteiger partial charge < -0.3 is 10.4 Å². The van der Waals surface area contributed by atoms with E-state index < -0.39 is 0 Å². The molecule has 1 aromatic carbocycles. The van der Waals surface area contributed by atoms with Gasteiger partial charge in [0.25, 0.3) is 0 Å². The van der Waals surface area contributed by atoms with Gasteiger partial charge in [-0.1, -0.05) is 17.7 Å². The Bertz CT molecular complexity index is 451. The molecule has 2 nitrogen and oxygen atoms in total. The molecule has 0 spiro atoms. The molecule has 1 aromatic heterocycles. The van der Waals surface area contributed by atoms with E-state index in [1.54, 1.807) is 17.4 Å². The van der Waals surface area contributed by atoms with Crippen LogP contribution in [0.5, 0.6) is 5.75 Å². The summed E-state index contributed by atoms with van der Waals surface area (Å²) in [7, 11) is 0. The lowest BCUT2D eigenvalue weighted by atomic mass is 10.1. The van der Waals surface area contributed by atoms with Crippen molar-refractivity contribution >= 4 is 11.3 Å². The van der Waals surface area contributed by atoms with Crippen LogP contribution in [0.3, 0.4) is 0 Å². The van der Waals surface area contributed by atoms with Crippen LogP contribution in [-0.2, 0) is 13.1 Å². The summed E-state index contributed by atoms with van der Waals surface area (Å²) in [5, 5.41) is 17.2. The molecule has 2 rings (SSSR count). The molecule has 0 radical (unpaired) electrons. The van der Waals surface area contributed by atoms with Gasteiger partial charge in [-0.25, -0.2) is 0 Å². The summed E-state index contributed by atoms with van der Waals surface area (Å²) in [5.41, 5.74) is 3.41. The van der Waals surface area contributed by atoms with Crippen molar-refractivity contribution in [2.24, 2.45) is 0 Å². The maximum Gasteiger partial charge on any atom is 0.120 e. The Balaban J connectivity index is 1.92. The van der Waals surface area contributed by atoms with Gasteiger partial charge in [-0.3, -0.25) is 0 Å². The van der Waals surface area contributed by atoms with Crippen LogP contribution in [0.25, 0.3) is 0 Å². The standard InChI is InChI=1S/C13H15NOS/c1-10-2-3-13(15)12(6-10)8-14-7-11-4-5-16-9-11/h2-6,9,14-15H,7-8H2,1H3. The highest BCUT2D eigenvalue weighted by atomic mass is 32.1. The van der Waals surface area contributed by atoms with E-state index in [1.165, 1.54) is 11.1 Å². The summed E-state index contributed by atoms with van der Waals surface area (Å²) in [6, 6.07) is 7.78. The van der Waals surface area contributed by atoms with Crippen molar-refractivity contribution in [2.45, 2.75) is 20.0 Å². The van der Waals surface area contributed by atoms with E-state index in [0.717, 1.165) is 12.1 Å². The molecule has 2 aromatic rings. The lowest BCUT2D eigenvalue weighted by Crippen LogP contribution is -2.12. The van der Waals surface area contributed by atoms with E-state index >= 15 is 0 Å². The number of hydrogen-bond acceptors (Lipinski definition) is 3. The van der Waals surface area contributed by atoms with Gasteiger partial charge in [0.15, 0.2) is 0 Å². The highest BCUT2D eigenvalue weighted by molar-refractivity contribution is 7.07. The zero-order valence-electron chi connectivity index (χ0n) is 9.23. The molecule has 84 valence electrons. The second kappa shape index (κ2) is 5.14. The summed E-state index contributed by atoms with van der Waals surface area (Å²) in [5.74, 6) is 0.364. The molecule has 1 heterocycles. The minimum absolute atomic E-state index is 0.364. The third-order valence-corrected chi connectivity index (χ3v) is 3.19. The van der Waals surface area contributed by atoms with Gasteiger partial charge in [0, 0.05) is 18.7 Å². The zero-order valence-corrected chi connectivity index (χ0v) is 10.1. The quantitative estimate of drug-likeness (QED) is 0.850. The third kappa shape index (κ3) is 2.84. The molecule has 0 amide bonds. The Morgan fingerprint density at radius 3 is 2.88 bits per heavy atom. The third-order valence-electron chi connectivity index (χ3n) is 2.46. The number of nitrogens with one attached hydrogen (secondary N) is 1. The van der Waals surface area contributed by atoms with Crippen LogP contribution >= 0.6 is 11.3 Å². The van der Waals surface area contributed by atoms with Crippen LogP contribution in [0.2, 0.25) is 0 Å². The van der Waals surface area contributed by atoms with Crippen molar-refractivity contribution in [3.05, 3.63) is 51.7 Å². The maximum atomic E-state index is 9.65. The summed E-state index contributed by atoms with van der Waals surface area (Å²) in [6.45, 7) is 3.57. The van der Waals surface area contributed by atoms with Crippen molar-refractivity contribution in [2.75, 3.05) is 0 Å². The predicted molar refractivity (Wildman–Crippen MR) is 67.7 cm³/mol. The van der Waals surface area contributed by atoms with Gasteiger partial charge in [0.05, 0.1) is 0 Å². The number of rotatable bonds is 4. The Morgan fingerprint density at radius 1 is 1.25 bits per heavy atom. The van der Waals surface area contributed by atoms with E-state index in [4.69, 9.17) is 0 Å². The molecule has 2 N–H and O–H groups in total. The van der Waals surface area contributed by atoms with Crippen molar-refractivity contribution in [1.29, 1.82) is 0 Å². The molecule has 0 aliphatic carbocycles. The van der Waals surface area contributed by atoms with Crippen molar-refractivity contribution < 1.29 is 5.11 Å². The molecular formula is C13H15NOS. The lowest BCUT2D eigenvalue weighted by Gasteiger charge is -2.07. The van der Waals surface area contributed by atoms with E-state index in [1.807, 2.05) is 19.1 Å². The van der Waals surface area contributed by atoms with Crippen LogP contribution in [0.15, 0.2) is 35.0 Å². The molecule has 16 heavy (non-hydrogen) atoms. The predicted octanol–water partition coefficient (Wildman–Crippen LogP) is 3.05. The minimum Gasteiger partial charge on any atom is -0.508 e. The fraction of sp³-hybridized carbons (Fsp3) is 0.231. The first kappa shape index (κ1) is 11.2. The minimum atomic E-state index is 0.364. The SMILES string of the molecule is Cc1ccc(O)c(CNCc2ccsc2)c1. The first-order valence-electron chi connectivity index (χ1n) is 5.26. The van der Waals surface area contributed by atoms with Gasteiger partial charge in [0.1, 0.15) is 5.75 Å². The topological polar surface area (TPSA) is 32.3 Å². The Kier molecular flexibility index (Phi) is 3.59. The molecule has 0 aliphatic rings. The van der Waals surface area contributed by atoms with Crippen LogP contribution in [0.4, 0.5) is 0 Å². The second-order valence-corrected chi connectivity index (χ2v) is 4.65. The van der Waals surface area contributed by atoms with E-state index in [2.05, 4.69) is 22.1 Å². The highest BCUT2D eigenvalue weighted by Crippen LogP contribution is 2.18. The summed E-state index contributed by atoms with van der Waals surface area (Å²) in [4.78, 5) is 0. The molecule has 0 saturated carbocycles. The second-order valence-electron chi connectivity index (χ2n) is 3.87. The van der Waals surface area contributed by atoms with Crippen molar-refractivity contribution in [3.8, 4) is 5.75 Å². The first-order valence-corrected chi connectivity index (χ1v) is 6.20. The number of aryl methyl sites for hydroxylation is 1. The fourth-order valence-electron chi connectivity index (χ4n) is 1.59. The van der Waals surface area contributed by atoms with Crippen LogP contribution in [-0.4, -0.2) is 5.11 Å². The number of aromatic hydroxyl groups is 1. The van der Waals surface area contributed by atoms with Crippen LogP contribution in [0.1, 0.15) is 16.7 Å².